The predicted molar refractivity (Wildman–Crippen MR) is 140 cm³/mol. The minimum Gasteiger partial charge on any atom is -0.349 e. The van der Waals surface area contributed by atoms with Gasteiger partial charge in [0.15, 0.2) is 11.3 Å². The molecule has 3 fully saturated rings. The van der Waals surface area contributed by atoms with E-state index in [1.54, 1.807) is 16.9 Å². The molecule has 0 spiro atoms. The number of nitrogens with zero attached hydrogens (tertiary/aromatic N) is 5. The van der Waals surface area contributed by atoms with Gasteiger partial charge < -0.3 is 10.6 Å². The first kappa shape index (κ1) is 26.2. The molecule has 0 aromatic carbocycles. The topological polar surface area (TPSA) is 114 Å². The number of amides is 2. The van der Waals surface area contributed by atoms with Gasteiger partial charge in [-0.2, -0.15) is 5.10 Å². The molecule has 3 saturated carbocycles. The minimum atomic E-state index is -2.68. The Balaban J connectivity index is 1.28. The summed E-state index contributed by atoms with van der Waals surface area (Å²) >= 11 is 1.25. The second-order valence-corrected chi connectivity index (χ2v) is 12.1. The highest BCUT2D eigenvalue weighted by Gasteiger charge is 2.40. The Hall–Kier alpha value is -3.02. The molecule has 0 aliphatic heterocycles. The monoisotopic (exact) mass is 557 g/mol. The summed E-state index contributed by atoms with van der Waals surface area (Å²) in [5.41, 5.74) is 2.39. The average Bonchev–Trinajstić information content (AvgIpc) is 3.84. The molecule has 208 valence electrons. The quantitative estimate of drug-likeness (QED) is 0.358. The fourth-order valence-corrected chi connectivity index (χ4v) is 6.43. The van der Waals surface area contributed by atoms with Gasteiger partial charge in [-0.25, -0.2) is 18.3 Å². The zero-order valence-electron chi connectivity index (χ0n) is 21.9. The SMILES string of the molecule is CCCC(=O)N[C@@H](c1cnn2cc([C@@H](NC(=O)c3nnsc3C3CC3)C3CCC(F)(F)CC3)nc2c1)C1CC1. The summed E-state index contributed by atoms with van der Waals surface area (Å²) in [6.45, 7) is 1.98. The van der Waals surface area contributed by atoms with E-state index in [9.17, 15) is 18.4 Å². The van der Waals surface area contributed by atoms with Crippen molar-refractivity contribution in [2.75, 3.05) is 0 Å². The van der Waals surface area contributed by atoms with Crippen molar-refractivity contribution >= 4 is 29.0 Å². The van der Waals surface area contributed by atoms with Crippen LogP contribution in [0.5, 0.6) is 0 Å². The molecule has 3 heterocycles. The molecule has 0 saturated heterocycles. The zero-order valence-corrected chi connectivity index (χ0v) is 22.7. The molecule has 3 aromatic rings. The van der Waals surface area contributed by atoms with E-state index in [1.165, 1.54) is 11.5 Å². The molecule has 12 heteroatoms. The van der Waals surface area contributed by atoms with Gasteiger partial charge in [0.2, 0.25) is 11.8 Å². The van der Waals surface area contributed by atoms with Gasteiger partial charge in [0.25, 0.3) is 5.91 Å². The number of nitrogens with one attached hydrogen (secondary N) is 2. The second-order valence-electron chi connectivity index (χ2n) is 11.3. The maximum Gasteiger partial charge on any atom is 0.273 e. The van der Waals surface area contributed by atoms with Crippen molar-refractivity contribution in [3.05, 3.63) is 40.3 Å². The fraction of sp³-hybridized carbons (Fsp3) is 0.630. The van der Waals surface area contributed by atoms with E-state index in [1.807, 2.05) is 13.0 Å². The zero-order chi connectivity index (χ0) is 27.1. The summed E-state index contributed by atoms with van der Waals surface area (Å²) in [6.07, 6.45) is 9.05. The van der Waals surface area contributed by atoms with Gasteiger partial charge >= 0.3 is 0 Å². The number of hydrogen-bond acceptors (Lipinski definition) is 7. The number of imidazole rings is 1. The highest BCUT2D eigenvalue weighted by molar-refractivity contribution is 7.06. The lowest BCUT2D eigenvalue weighted by molar-refractivity contribution is -0.122. The van der Waals surface area contributed by atoms with Crippen molar-refractivity contribution in [3.63, 3.8) is 0 Å². The lowest BCUT2D eigenvalue weighted by Gasteiger charge is -2.33. The van der Waals surface area contributed by atoms with Crippen LogP contribution in [0.3, 0.4) is 0 Å². The Kier molecular flexibility index (Phi) is 7.07. The molecule has 0 radical (unpaired) electrons. The van der Waals surface area contributed by atoms with Crippen LogP contribution >= 0.6 is 11.5 Å². The predicted octanol–water partition coefficient (Wildman–Crippen LogP) is 5.12. The number of carbonyl (C=O) groups is 2. The minimum absolute atomic E-state index is 0.0253. The van der Waals surface area contributed by atoms with Crippen LogP contribution in [-0.4, -0.2) is 41.9 Å². The number of alkyl halides is 2. The number of carbonyl (C=O) groups excluding carboxylic acids is 2. The fourth-order valence-electron chi connectivity index (χ4n) is 5.61. The maximum absolute atomic E-state index is 14.0. The third-order valence-corrected chi connectivity index (χ3v) is 9.01. The largest absolute Gasteiger partial charge is 0.349 e. The lowest BCUT2D eigenvalue weighted by Crippen LogP contribution is -2.37. The summed E-state index contributed by atoms with van der Waals surface area (Å²) < 4.78 is 33.7. The summed E-state index contributed by atoms with van der Waals surface area (Å²) in [5, 5.41) is 14.9. The summed E-state index contributed by atoms with van der Waals surface area (Å²) in [5.74, 6) is -2.48. The van der Waals surface area contributed by atoms with Crippen molar-refractivity contribution in [3.8, 4) is 0 Å². The molecule has 0 bridgehead atoms. The molecule has 3 aliphatic rings. The van der Waals surface area contributed by atoms with Gasteiger partial charge in [-0.3, -0.25) is 9.59 Å². The molecule has 0 unspecified atom stereocenters. The van der Waals surface area contributed by atoms with Crippen LogP contribution in [0.4, 0.5) is 8.78 Å². The Morgan fingerprint density at radius 1 is 1.10 bits per heavy atom. The van der Waals surface area contributed by atoms with Crippen LogP contribution in [0.1, 0.15) is 116 Å². The van der Waals surface area contributed by atoms with Crippen LogP contribution in [0.2, 0.25) is 0 Å². The van der Waals surface area contributed by atoms with Crippen molar-refractivity contribution in [1.29, 1.82) is 0 Å². The van der Waals surface area contributed by atoms with Gasteiger partial charge in [0.1, 0.15) is 0 Å². The van der Waals surface area contributed by atoms with E-state index >= 15 is 0 Å². The second kappa shape index (κ2) is 10.5. The molecule has 39 heavy (non-hydrogen) atoms. The van der Waals surface area contributed by atoms with E-state index in [2.05, 4.69) is 25.3 Å². The molecule has 2 atom stereocenters. The third-order valence-electron chi connectivity index (χ3n) is 8.12. The molecule has 2 amide bonds. The first-order valence-electron chi connectivity index (χ1n) is 14.0. The van der Waals surface area contributed by atoms with Crippen molar-refractivity contribution < 1.29 is 18.4 Å². The highest BCUT2D eigenvalue weighted by Crippen LogP contribution is 2.44. The molecule has 3 aliphatic carbocycles. The summed E-state index contributed by atoms with van der Waals surface area (Å²) in [6, 6.07) is 1.25. The maximum atomic E-state index is 14.0. The Labute approximate surface area is 229 Å². The molecule has 2 N–H and O–H groups in total. The van der Waals surface area contributed by atoms with Crippen LogP contribution < -0.4 is 10.6 Å². The Morgan fingerprint density at radius 2 is 1.85 bits per heavy atom. The van der Waals surface area contributed by atoms with Crippen molar-refractivity contribution in [1.82, 2.24) is 34.8 Å². The van der Waals surface area contributed by atoms with Gasteiger partial charge in [-0.05, 0) is 85.9 Å². The van der Waals surface area contributed by atoms with E-state index in [0.717, 1.165) is 42.5 Å². The molecule has 9 nitrogen and oxygen atoms in total. The Bertz CT molecular complexity index is 1360. The first-order valence-corrected chi connectivity index (χ1v) is 14.7. The normalized spacial score (nSPS) is 21.0. The van der Waals surface area contributed by atoms with E-state index < -0.39 is 12.0 Å². The van der Waals surface area contributed by atoms with Gasteiger partial charge in [-0.15, -0.1) is 5.10 Å². The summed E-state index contributed by atoms with van der Waals surface area (Å²) in [4.78, 5) is 31.4. The smallest absolute Gasteiger partial charge is 0.273 e. The highest BCUT2D eigenvalue weighted by atomic mass is 32.1. The van der Waals surface area contributed by atoms with Gasteiger partial charge in [0.05, 0.1) is 35.0 Å². The first-order chi connectivity index (χ1) is 18.8. The van der Waals surface area contributed by atoms with E-state index in [-0.39, 0.29) is 49.5 Å². The van der Waals surface area contributed by atoms with Gasteiger partial charge in [-0.1, -0.05) is 11.4 Å². The number of fused-ring (bicyclic) bond motifs is 1. The number of halogens is 2. The van der Waals surface area contributed by atoms with Crippen LogP contribution in [0.15, 0.2) is 18.5 Å². The van der Waals surface area contributed by atoms with E-state index in [0.29, 0.717) is 35.3 Å². The van der Waals surface area contributed by atoms with Crippen LogP contribution in [0, 0.1) is 11.8 Å². The lowest BCUT2D eigenvalue weighted by atomic mass is 9.81. The standard InChI is InChI=1S/C27H33F2N7O2S/c1-2-3-21(37)32-22(15-4-5-15)18-12-20-31-19(14-36(20)30-13-18)23(16-8-10-27(28,29)11-9-16)33-26(38)24-25(17-6-7-17)39-35-34-24/h12-17,22-23H,2-11H2,1H3,(H,32,37)(H,33,38)/t22-,23+/m1/s1. The van der Waals surface area contributed by atoms with E-state index in [4.69, 9.17) is 4.98 Å². The number of aromatic nitrogens is 5. The van der Waals surface area contributed by atoms with Crippen LogP contribution in [-0.2, 0) is 4.79 Å². The van der Waals surface area contributed by atoms with Crippen LogP contribution in [0.25, 0.3) is 5.65 Å². The molecule has 3 aromatic heterocycles. The third kappa shape index (κ3) is 5.80. The molecule has 6 rings (SSSR count). The molecular formula is C27H33F2N7O2S. The number of hydrogen-bond donors (Lipinski definition) is 2. The van der Waals surface area contributed by atoms with Gasteiger partial charge in [0, 0.05) is 19.3 Å². The van der Waals surface area contributed by atoms with Crippen molar-refractivity contribution in [2.24, 2.45) is 11.8 Å². The van der Waals surface area contributed by atoms with Crippen molar-refractivity contribution in [2.45, 2.75) is 95.1 Å². The molecular weight excluding hydrogens is 524 g/mol. The summed E-state index contributed by atoms with van der Waals surface area (Å²) in [7, 11) is 0. The average molecular weight is 558 g/mol. The Morgan fingerprint density at radius 3 is 2.54 bits per heavy atom. The number of rotatable bonds is 10.